The highest BCUT2D eigenvalue weighted by Gasteiger charge is 2.49. The molecule has 22 heavy (non-hydrogen) atoms. The Morgan fingerprint density at radius 2 is 1.95 bits per heavy atom. The average molecular weight is 316 g/mol. The molecule has 114 valence electrons. The molecule has 0 aliphatic carbocycles. The molecule has 1 aliphatic rings. The zero-order chi connectivity index (χ0) is 15.6. The summed E-state index contributed by atoms with van der Waals surface area (Å²) in [6, 6.07) is 12.7. The monoisotopic (exact) mass is 316 g/mol. The molecular weight excluding hydrogens is 300 g/mol. The van der Waals surface area contributed by atoms with Crippen molar-refractivity contribution in [1.29, 1.82) is 0 Å². The normalized spacial score (nSPS) is 21.0. The standard InChI is InChI=1S/C16H16N2O3S/c1-16(13-8-5-11-22-13)14(19)18(15(20)17-16)9-10-21-12-6-3-2-4-7-12/h2-8,11H,9-10H2,1H3,(H,17,20)/t16-/m0/s1. The third-order valence-corrected chi connectivity index (χ3v) is 4.71. The first kappa shape index (κ1) is 14.6. The van der Waals surface area contributed by atoms with Crippen molar-refractivity contribution >= 4 is 23.3 Å². The maximum absolute atomic E-state index is 12.6. The van der Waals surface area contributed by atoms with E-state index in [2.05, 4.69) is 5.32 Å². The molecule has 1 fully saturated rings. The van der Waals surface area contributed by atoms with E-state index >= 15 is 0 Å². The first-order valence-corrected chi connectivity index (χ1v) is 7.85. The number of urea groups is 1. The van der Waals surface area contributed by atoms with Crippen LogP contribution in [-0.4, -0.2) is 30.0 Å². The molecule has 2 heterocycles. The third-order valence-electron chi connectivity index (χ3n) is 3.62. The largest absolute Gasteiger partial charge is 0.492 e. The molecule has 3 amide bonds. The summed E-state index contributed by atoms with van der Waals surface area (Å²) in [5, 5.41) is 4.66. The van der Waals surface area contributed by atoms with Crippen LogP contribution in [0.3, 0.4) is 0 Å². The van der Waals surface area contributed by atoms with Gasteiger partial charge in [0.2, 0.25) is 0 Å². The van der Waals surface area contributed by atoms with Crippen molar-refractivity contribution in [3.63, 3.8) is 0 Å². The van der Waals surface area contributed by atoms with Crippen molar-refractivity contribution in [3.05, 3.63) is 52.7 Å². The van der Waals surface area contributed by atoms with Crippen molar-refractivity contribution in [2.75, 3.05) is 13.2 Å². The fourth-order valence-electron chi connectivity index (χ4n) is 2.40. The summed E-state index contributed by atoms with van der Waals surface area (Å²) in [4.78, 5) is 26.7. The Balaban J connectivity index is 1.65. The van der Waals surface area contributed by atoms with Gasteiger partial charge in [-0.15, -0.1) is 11.3 Å². The van der Waals surface area contributed by atoms with E-state index in [-0.39, 0.29) is 25.1 Å². The van der Waals surface area contributed by atoms with Crippen molar-refractivity contribution in [3.8, 4) is 5.75 Å². The number of nitrogens with one attached hydrogen (secondary N) is 1. The van der Waals surface area contributed by atoms with E-state index in [1.165, 1.54) is 16.2 Å². The number of benzene rings is 1. The van der Waals surface area contributed by atoms with Crippen molar-refractivity contribution in [2.45, 2.75) is 12.5 Å². The number of thiophene rings is 1. The Bertz CT molecular complexity index is 672. The number of para-hydroxylation sites is 1. The number of nitrogens with zero attached hydrogens (tertiary/aromatic N) is 1. The zero-order valence-electron chi connectivity index (χ0n) is 12.1. The smallest absolute Gasteiger partial charge is 0.325 e. The van der Waals surface area contributed by atoms with Crippen molar-refractivity contribution in [2.24, 2.45) is 0 Å². The molecule has 0 spiro atoms. The van der Waals surface area contributed by atoms with Crippen molar-refractivity contribution < 1.29 is 14.3 Å². The number of imide groups is 1. The highest BCUT2D eigenvalue weighted by molar-refractivity contribution is 7.10. The lowest BCUT2D eigenvalue weighted by atomic mass is 10.0. The Kier molecular flexibility index (Phi) is 3.85. The quantitative estimate of drug-likeness (QED) is 0.863. The summed E-state index contributed by atoms with van der Waals surface area (Å²) in [6.45, 7) is 2.22. The molecule has 0 saturated carbocycles. The molecule has 6 heteroatoms. The number of hydrogen-bond donors (Lipinski definition) is 1. The number of hydrogen-bond acceptors (Lipinski definition) is 4. The second-order valence-corrected chi connectivity index (χ2v) is 6.10. The highest BCUT2D eigenvalue weighted by atomic mass is 32.1. The van der Waals surface area contributed by atoms with E-state index in [1.807, 2.05) is 47.8 Å². The highest BCUT2D eigenvalue weighted by Crippen LogP contribution is 2.31. The van der Waals surface area contributed by atoms with Crippen LogP contribution in [0.1, 0.15) is 11.8 Å². The van der Waals surface area contributed by atoms with E-state index in [9.17, 15) is 9.59 Å². The van der Waals surface area contributed by atoms with Crippen LogP contribution in [0.25, 0.3) is 0 Å². The van der Waals surface area contributed by atoms with Gasteiger partial charge in [0.15, 0.2) is 5.54 Å². The topological polar surface area (TPSA) is 58.6 Å². The summed E-state index contributed by atoms with van der Waals surface area (Å²) in [7, 11) is 0. The number of rotatable bonds is 5. The van der Waals surface area contributed by atoms with Crippen LogP contribution in [-0.2, 0) is 10.3 Å². The van der Waals surface area contributed by atoms with E-state index in [0.717, 1.165) is 10.6 Å². The minimum Gasteiger partial charge on any atom is -0.492 e. The second-order valence-electron chi connectivity index (χ2n) is 5.15. The van der Waals surface area contributed by atoms with Gasteiger partial charge in [0, 0.05) is 4.88 Å². The predicted octanol–water partition coefficient (Wildman–Crippen LogP) is 2.59. The summed E-state index contributed by atoms with van der Waals surface area (Å²) >= 11 is 1.45. The minimum absolute atomic E-state index is 0.223. The molecule has 1 aliphatic heterocycles. The fraction of sp³-hybridized carbons (Fsp3) is 0.250. The first-order valence-electron chi connectivity index (χ1n) is 6.97. The number of amides is 3. The molecule has 0 bridgehead atoms. The van der Waals surface area contributed by atoms with Gasteiger partial charge in [0.25, 0.3) is 5.91 Å². The molecule has 2 aromatic rings. The van der Waals surface area contributed by atoms with Gasteiger partial charge in [-0.3, -0.25) is 9.69 Å². The van der Waals surface area contributed by atoms with E-state index < -0.39 is 5.54 Å². The lowest BCUT2D eigenvalue weighted by Gasteiger charge is -2.20. The maximum atomic E-state index is 12.6. The minimum atomic E-state index is -0.974. The molecule has 1 N–H and O–H groups in total. The third kappa shape index (κ3) is 2.57. The SMILES string of the molecule is C[C@@]1(c2cccs2)NC(=O)N(CCOc2ccccc2)C1=O. The lowest BCUT2D eigenvalue weighted by molar-refractivity contribution is -0.131. The Morgan fingerprint density at radius 1 is 1.18 bits per heavy atom. The van der Waals surface area contributed by atoms with Crippen LogP contribution < -0.4 is 10.1 Å². The van der Waals surface area contributed by atoms with E-state index in [4.69, 9.17) is 4.74 Å². The van der Waals surface area contributed by atoms with Gasteiger partial charge in [-0.2, -0.15) is 0 Å². The molecule has 1 aromatic carbocycles. The number of carbonyl (C=O) groups is 2. The first-order chi connectivity index (χ1) is 10.6. The molecule has 1 aromatic heterocycles. The molecule has 5 nitrogen and oxygen atoms in total. The molecule has 3 rings (SSSR count). The number of ether oxygens (including phenoxy) is 1. The Labute approximate surface area is 132 Å². The van der Waals surface area contributed by atoms with Gasteiger partial charge >= 0.3 is 6.03 Å². The average Bonchev–Trinajstić information content (AvgIpc) is 3.12. The molecular formula is C16H16N2O3S. The maximum Gasteiger partial charge on any atom is 0.325 e. The van der Waals surface area contributed by atoms with E-state index in [0.29, 0.717) is 0 Å². The van der Waals surface area contributed by atoms with Gasteiger partial charge in [-0.25, -0.2) is 4.79 Å². The summed E-state index contributed by atoms with van der Waals surface area (Å²) in [6.07, 6.45) is 0. The second kappa shape index (κ2) is 5.81. The van der Waals surface area contributed by atoms with Crippen LogP contribution >= 0.6 is 11.3 Å². The molecule has 0 radical (unpaired) electrons. The number of carbonyl (C=O) groups excluding carboxylic acids is 2. The Hall–Kier alpha value is -2.34. The predicted molar refractivity (Wildman–Crippen MR) is 83.9 cm³/mol. The Morgan fingerprint density at radius 3 is 2.64 bits per heavy atom. The van der Waals surface area contributed by atoms with Crippen LogP contribution in [0.4, 0.5) is 4.79 Å². The van der Waals surface area contributed by atoms with Gasteiger partial charge in [0.05, 0.1) is 6.54 Å². The van der Waals surface area contributed by atoms with Gasteiger partial charge in [-0.1, -0.05) is 24.3 Å². The van der Waals surface area contributed by atoms with Gasteiger partial charge in [0.1, 0.15) is 12.4 Å². The fourth-order valence-corrected chi connectivity index (χ4v) is 3.24. The van der Waals surface area contributed by atoms with Crippen molar-refractivity contribution in [1.82, 2.24) is 10.2 Å². The molecule has 1 atom stereocenters. The van der Waals surface area contributed by atoms with Crippen LogP contribution in [0.5, 0.6) is 5.75 Å². The molecule has 0 unspecified atom stereocenters. The summed E-state index contributed by atoms with van der Waals surface area (Å²) in [5.41, 5.74) is -0.974. The molecule has 1 saturated heterocycles. The van der Waals surface area contributed by atoms with Crippen LogP contribution in [0.15, 0.2) is 47.8 Å². The van der Waals surface area contributed by atoms with E-state index in [1.54, 1.807) is 6.92 Å². The zero-order valence-corrected chi connectivity index (χ0v) is 12.9. The van der Waals surface area contributed by atoms with Gasteiger partial charge < -0.3 is 10.1 Å². The summed E-state index contributed by atoms with van der Waals surface area (Å²) < 4.78 is 5.55. The summed E-state index contributed by atoms with van der Waals surface area (Å²) in [5.74, 6) is 0.479. The van der Waals surface area contributed by atoms with Crippen LogP contribution in [0.2, 0.25) is 0 Å². The van der Waals surface area contributed by atoms with Gasteiger partial charge in [-0.05, 0) is 30.5 Å². The van der Waals surface area contributed by atoms with Crippen LogP contribution in [0, 0.1) is 0 Å². The lowest BCUT2D eigenvalue weighted by Crippen LogP contribution is -2.40.